The van der Waals surface area contributed by atoms with E-state index in [0.717, 1.165) is 11.1 Å². The van der Waals surface area contributed by atoms with Gasteiger partial charge in [-0.2, -0.15) is 0 Å². The second-order valence-corrected chi connectivity index (χ2v) is 5.96. The molecular formula is C19H13ClFN3. The van der Waals surface area contributed by atoms with Crippen LogP contribution in [0.25, 0.3) is 33.3 Å². The highest BCUT2D eigenvalue weighted by atomic mass is 35.5. The van der Waals surface area contributed by atoms with E-state index >= 15 is 0 Å². The van der Waals surface area contributed by atoms with Crippen LogP contribution in [0.1, 0.15) is 0 Å². The highest BCUT2D eigenvalue weighted by Crippen LogP contribution is 2.40. The Morgan fingerprint density at radius 2 is 1.83 bits per heavy atom. The van der Waals surface area contributed by atoms with Gasteiger partial charge in [0.05, 0.1) is 17.5 Å². The summed E-state index contributed by atoms with van der Waals surface area (Å²) in [5.41, 5.74) is 3.85. The molecule has 0 saturated heterocycles. The Bertz CT molecular complexity index is 1040. The molecule has 3 nitrogen and oxygen atoms in total. The summed E-state index contributed by atoms with van der Waals surface area (Å²) in [6.07, 6.45) is 3.58. The van der Waals surface area contributed by atoms with Crippen molar-refractivity contribution in [2.75, 3.05) is 0 Å². The van der Waals surface area contributed by atoms with Gasteiger partial charge in [0.25, 0.3) is 0 Å². The first-order valence-corrected chi connectivity index (χ1v) is 7.84. The molecule has 0 fully saturated rings. The van der Waals surface area contributed by atoms with Gasteiger partial charge in [-0.25, -0.2) is 14.4 Å². The van der Waals surface area contributed by atoms with Gasteiger partial charge in [0.1, 0.15) is 11.0 Å². The average Bonchev–Trinajstić information content (AvgIpc) is 3.01. The highest BCUT2D eigenvalue weighted by molar-refractivity contribution is 6.34. The molecule has 0 aliphatic heterocycles. The first kappa shape index (κ1) is 14.8. The zero-order chi connectivity index (χ0) is 16.7. The van der Waals surface area contributed by atoms with Crippen LogP contribution in [0.15, 0.2) is 61.1 Å². The van der Waals surface area contributed by atoms with Crippen molar-refractivity contribution in [3.8, 4) is 22.4 Å². The average molecular weight is 338 g/mol. The number of nitrogens with zero attached hydrogens (tertiary/aromatic N) is 3. The molecule has 4 rings (SSSR count). The maximum absolute atomic E-state index is 13.9. The van der Waals surface area contributed by atoms with Gasteiger partial charge in [0, 0.05) is 29.8 Å². The number of pyridine rings is 1. The third-order valence-corrected chi connectivity index (χ3v) is 4.20. The molecule has 118 valence electrons. The van der Waals surface area contributed by atoms with E-state index in [9.17, 15) is 4.39 Å². The lowest BCUT2D eigenvalue weighted by molar-refractivity contribution is 0.629. The third kappa shape index (κ3) is 2.45. The van der Waals surface area contributed by atoms with E-state index in [4.69, 9.17) is 11.6 Å². The first-order valence-electron chi connectivity index (χ1n) is 7.46. The normalized spacial score (nSPS) is 11.1. The van der Waals surface area contributed by atoms with Crippen LogP contribution in [0.5, 0.6) is 0 Å². The SMILES string of the molecule is Cn1cnc(-c2c(Cl)nc3ccc(F)cc3c2-c2ccccc2)c1. The molecule has 0 atom stereocenters. The number of aryl methyl sites for hydroxylation is 1. The van der Waals surface area contributed by atoms with Crippen LogP contribution in [-0.2, 0) is 7.05 Å². The summed E-state index contributed by atoms with van der Waals surface area (Å²) >= 11 is 6.49. The molecule has 0 aliphatic carbocycles. The standard InChI is InChI=1S/C19H13ClFN3/c1-24-10-16(22-11-24)18-17(12-5-3-2-4-6-12)14-9-13(21)7-8-15(14)23-19(18)20/h2-11H,1H3. The van der Waals surface area contributed by atoms with E-state index in [-0.39, 0.29) is 5.82 Å². The van der Waals surface area contributed by atoms with Crippen LogP contribution in [0.3, 0.4) is 0 Å². The molecule has 2 aromatic heterocycles. The zero-order valence-electron chi connectivity index (χ0n) is 12.9. The van der Waals surface area contributed by atoms with Gasteiger partial charge in [0.15, 0.2) is 0 Å². The van der Waals surface area contributed by atoms with Gasteiger partial charge in [-0.3, -0.25) is 0 Å². The monoisotopic (exact) mass is 337 g/mol. The van der Waals surface area contributed by atoms with Crippen molar-refractivity contribution in [3.63, 3.8) is 0 Å². The number of halogens is 2. The quantitative estimate of drug-likeness (QED) is 0.477. The molecule has 0 unspecified atom stereocenters. The Labute approximate surface area is 143 Å². The Morgan fingerprint density at radius 3 is 2.54 bits per heavy atom. The van der Waals surface area contributed by atoms with E-state index < -0.39 is 0 Å². The fourth-order valence-electron chi connectivity index (χ4n) is 2.89. The smallest absolute Gasteiger partial charge is 0.139 e. The van der Waals surface area contributed by atoms with Crippen molar-refractivity contribution in [3.05, 3.63) is 72.0 Å². The second-order valence-electron chi connectivity index (χ2n) is 5.60. The predicted molar refractivity (Wildman–Crippen MR) is 94.3 cm³/mol. The summed E-state index contributed by atoms with van der Waals surface area (Å²) in [6.45, 7) is 0. The summed E-state index contributed by atoms with van der Waals surface area (Å²) in [5.74, 6) is -0.309. The molecule has 24 heavy (non-hydrogen) atoms. The summed E-state index contributed by atoms with van der Waals surface area (Å²) in [4.78, 5) is 8.85. The fraction of sp³-hybridized carbons (Fsp3) is 0.0526. The van der Waals surface area contributed by atoms with Gasteiger partial charge < -0.3 is 4.57 Å². The van der Waals surface area contributed by atoms with Crippen molar-refractivity contribution in [2.45, 2.75) is 0 Å². The number of aromatic nitrogens is 3. The molecule has 4 aromatic rings. The number of hydrogen-bond donors (Lipinski definition) is 0. The molecule has 2 heterocycles. The number of fused-ring (bicyclic) bond motifs is 1. The number of benzene rings is 2. The number of hydrogen-bond acceptors (Lipinski definition) is 2. The zero-order valence-corrected chi connectivity index (χ0v) is 13.6. The Hall–Kier alpha value is -2.72. The molecule has 0 radical (unpaired) electrons. The summed E-state index contributed by atoms with van der Waals surface area (Å²) < 4.78 is 15.7. The minimum atomic E-state index is -0.309. The molecule has 0 N–H and O–H groups in total. The van der Waals surface area contributed by atoms with Crippen LogP contribution in [-0.4, -0.2) is 14.5 Å². The third-order valence-electron chi connectivity index (χ3n) is 3.93. The van der Waals surface area contributed by atoms with Gasteiger partial charge >= 0.3 is 0 Å². The molecule has 5 heteroatoms. The van der Waals surface area contributed by atoms with Gasteiger partial charge in [-0.05, 0) is 23.8 Å². The Balaban J connectivity index is 2.16. The van der Waals surface area contributed by atoms with E-state index in [2.05, 4.69) is 9.97 Å². The van der Waals surface area contributed by atoms with Crippen LogP contribution < -0.4 is 0 Å². The second kappa shape index (κ2) is 5.73. The molecule has 0 amide bonds. The minimum Gasteiger partial charge on any atom is -0.340 e. The lowest BCUT2D eigenvalue weighted by atomic mass is 9.95. The van der Waals surface area contributed by atoms with Crippen molar-refractivity contribution >= 4 is 22.5 Å². The minimum absolute atomic E-state index is 0.309. The van der Waals surface area contributed by atoms with E-state index in [1.54, 1.807) is 12.4 Å². The van der Waals surface area contributed by atoms with Gasteiger partial charge in [-0.15, -0.1) is 0 Å². The van der Waals surface area contributed by atoms with E-state index in [0.29, 0.717) is 27.3 Å². The predicted octanol–water partition coefficient (Wildman–Crippen LogP) is 5.09. The summed E-state index contributed by atoms with van der Waals surface area (Å²) in [6, 6.07) is 14.3. The number of rotatable bonds is 2. The van der Waals surface area contributed by atoms with Crippen molar-refractivity contribution in [1.29, 1.82) is 0 Å². The maximum atomic E-state index is 13.9. The largest absolute Gasteiger partial charge is 0.340 e. The van der Waals surface area contributed by atoms with Crippen LogP contribution in [0, 0.1) is 5.82 Å². The topological polar surface area (TPSA) is 30.7 Å². The Kier molecular flexibility index (Phi) is 3.54. The van der Waals surface area contributed by atoms with Crippen molar-refractivity contribution in [1.82, 2.24) is 14.5 Å². The van der Waals surface area contributed by atoms with Crippen LogP contribution in [0.4, 0.5) is 4.39 Å². The van der Waals surface area contributed by atoms with Gasteiger partial charge in [0.2, 0.25) is 0 Å². The Morgan fingerprint density at radius 1 is 1.04 bits per heavy atom. The van der Waals surface area contributed by atoms with Crippen LogP contribution >= 0.6 is 11.6 Å². The summed E-state index contributed by atoms with van der Waals surface area (Å²) in [7, 11) is 1.89. The lowest BCUT2D eigenvalue weighted by Gasteiger charge is -2.13. The maximum Gasteiger partial charge on any atom is 0.139 e. The highest BCUT2D eigenvalue weighted by Gasteiger charge is 2.19. The molecule has 0 bridgehead atoms. The van der Waals surface area contributed by atoms with Crippen molar-refractivity contribution in [2.24, 2.45) is 7.05 Å². The number of imidazole rings is 1. The van der Waals surface area contributed by atoms with Crippen molar-refractivity contribution < 1.29 is 4.39 Å². The van der Waals surface area contributed by atoms with Crippen LogP contribution in [0.2, 0.25) is 5.15 Å². The molecule has 0 saturated carbocycles. The first-order chi connectivity index (χ1) is 11.6. The van der Waals surface area contributed by atoms with E-state index in [1.165, 1.54) is 12.1 Å². The molecule has 2 aromatic carbocycles. The fourth-order valence-corrected chi connectivity index (χ4v) is 3.17. The molecule has 0 aliphatic rings. The lowest BCUT2D eigenvalue weighted by Crippen LogP contribution is -1.94. The molecule has 0 spiro atoms. The summed E-state index contributed by atoms with van der Waals surface area (Å²) in [5, 5.41) is 1.07. The van der Waals surface area contributed by atoms with Gasteiger partial charge in [-0.1, -0.05) is 41.9 Å². The molecular weight excluding hydrogens is 325 g/mol. The van der Waals surface area contributed by atoms with E-state index in [1.807, 2.05) is 48.1 Å².